The molecule has 5 nitrogen and oxygen atoms in total. The zero-order valence-electron chi connectivity index (χ0n) is 16.6. The molecular formula is C24H21F2NO4. The van der Waals surface area contributed by atoms with Crippen molar-refractivity contribution in [3.8, 4) is 5.75 Å². The van der Waals surface area contributed by atoms with E-state index in [1.807, 2.05) is 30.3 Å². The van der Waals surface area contributed by atoms with Gasteiger partial charge >= 0.3 is 5.97 Å². The Hall–Kier alpha value is -3.74. The van der Waals surface area contributed by atoms with E-state index in [4.69, 9.17) is 4.74 Å². The molecule has 0 saturated heterocycles. The van der Waals surface area contributed by atoms with Crippen molar-refractivity contribution in [1.82, 2.24) is 5.32 Å². The summed E-state index contributed by atoms with van der Waals surface area (Å²) in [5, 5.41) is 11.9. The second-order valence-electron chi connectivity index (χ2n) is 7.01. The molecule has 1 atom stereocenters. The molecule has 0 fully saturated rings. The molecule has 3 aromatic rings. The Labute approximate surface area is 178 Å². The number of halogens is 2. The molecule has 31 heavy (non-hydrogen) atoms. The summed E-state index contributed by atoms with van der Waals surface area (Å²) < 4.78 is 32.1. The molecule has 0 unspecified atom stereocenters. The summed E-state index contributed by atoms with van der Waals surface area (Å²) in [6, 6.07) is 18.5. The van der Waals surface area contributed by atoms with Crippen LogP contribution >= 0.6 is 0 Å². The largest absolute Gasteiger partial charge is 0.489 e. The highest BCUT2D eigenvalue weighted by Gasteiger charge is 2.21. The monoisotopic (exact) mass is 425 g/mol. The van der Waals surface area contributed by atoms with Crippen molar-refractivity contribution in [2.75, 3.05) is 0 Å². The van der Waals surface area contributed by atoms with E-state index in [1.54, 1.807) is 24.3 Å². The zero-order valence-corrected chi connectivity index (χ0v) is 16.6. The van der Waals surface area contributed by atoms with Gasteiger partial charge in [-0.3, -0.25) is 4.79 Å². The number of ether oxygens (including phenoxy) is 1. The fourth-order valence-corrected chi connectivity index (χ4v) is 3.02. The van der Waals surface area contributed by atoms with Crippen LogP contribution in [-0.4, -0.2) is 23.0 Å². The van der Waals surface area contributed by atoms with Gasteiger partial charge in [-0.15, -0.1) is 0 Å². The predicted molar refractivity (Wildman–Crippen MR) is 111 cm³/mol. The molecule has 0 radical (unpaired) electrons. The Morgan fingerprint density at radius 1 is 0.871 bits per heavy atom. The minimum Gasteiger partial charge on any atom is -0.489 e. The summed E-state index contributed by atoms with van der Waals surface area (Å²) in [6.07, 6.45) is -0.220. The van der Waals surface area contributed by atoms with Crippen LogP contribution in [0.2, 0.25) is 0 Å². The third-order valence-corrected chi connectivity index (χ3v) is 4.57. The maximum atomic E-state index is 13.3. The molecule has 0 heterocycles. The third-order valence-electron chi connectivity index (χ3n) is 4.57. The summed E-state index contributed by atoms with van der Waals surface area (Å²) in [4.78, 5) is 23.9. The van der Waals surface area contributed by atoms with Gasteiger partial charge in [-0.2, -0.15) is 0 Å². The standard InChI is InChI=1S/C24H21F2NO4/c25-20-10-9-18(12-21(20)26)14-23(28)27-22(24(29)30)13-17-7-4-8-19(11-17)31-15-16-5-2-1-3-6-16/h1-12,22H,13-15H2,(H,27,28)(H,29,30)/t22-/m1/s1. The van der Waals surface area contributed by atoms with Gasteiger partial charge in [0.15, 0.2) is 11.6 Å². The fourth-order valence-electron chi connectivity index (χ4n) is 3.02. The van der Waals surface area contributed by atoms with E-state index in [1.165, 1.54) is 6.07 Å². The molecule has 0 bridgehead atoms. The molecule has 7 heteroatoms. The Morgan fingerprint density at radius 2 is 1.61 bits per heavy atom. The zero-order chi connectivity index (χ0) is 22.2. The molecule has 0 aliphatic carbocycles. The first-order valence-electron chi connectivity index (χ1n) is 9.62. The van der Waals surface area contributed by atoms with Gasteiger partial charge in [0, 0.05) is 6.42 Å². The van der Waals surface area contributed by atoms with Gasteiger partial charge in [-0.05, 0) is 41.0 Å². The van der Waals surface area contributed by atoms with Gasteiger partial charge in [0.1, 0.15) is 18.4 Å². The van der Waals surface area contributed by atoms with Crippen molar-refractivity contribution in [3.63, 3.8) is 0 Å². The number of carboxylic acid groups (broad SMARTS) is 1. The van der Waals surface area contributed by atoms with Crippen molar-refractivity contribution in [1.29, 1.82) is 0 Å². The number of rotatable bonds is 9. The molecule has 0 aromatic heterocycles. The van der Waals surface area contributed by atoms with Crippen LogP contribution in [0.1, 0.15) is 16.7 Å². The first-order valence-corrected chi connectivity index (χ1v) is 9.62. The SMILES string of the molecule is O=C(Cc1ccc(F)c(F)c1)N[C@H](Cc1cccc(OCc2ccccc2)c1)C(=O)O. The quantitative estimate of drug-likeness (QED) is 0.545. The lowest BCUT2D eigenvalue weighted by Gasteiger charge is -2.15. The molecule has 0 aliphatic rings. The van der Waals surface area contributed by atoms with Crippen LogP contribution in [0.15, 0.2) is 72.8 Å². The molecule has 0 aliphatic heterocycles. The van der Waals surface area contributed by atoms with Crippen LogP contribution < -0.4 is 10.1 Å². The lowest BCUT2D eigenvalue weighted by Crippen LogP contribution is -2.43. The number of hydrogen-bond acceptors (Lipinski definition) is 3. The number of nitrogens with one attached hydrogen (secondary N) is 1. The average molecular weight is 425 g/mol. The van der Waals surface area contributed by atoms with Crippen LogP contribution in [0.3, 0.4) is 0 Å². The van der Waals surface area contributed by atoms with Gasteiger partial charge in [0.25, 0.3) is 0 Å². The number of amides is 1. The van der Waals surface area contributed by atoms with Crippen molar-refractivity contribution < 1.29 is 28.2 Å². The van der Waals surface area contributed by atoms with Crippen LogP contribution in [0, 0.1) is 11.6 Å². The highest BCUT2D eigenvalue weighted by molar-refractivity contribution is 5.85. The van der Waals surface area contributed by atoms with Crippen molar-refractivity contribution in [3.05, 3.63) is 101 Å². The number of benzene rings is 3. The molecule has 0 saturated carbocycles. The Balaban J connectivity index is 1.60. The lowest BCUT2D eigenvalue weighted by molar-refractivity contribution is -0.141. The van der Waals surface area contributed by atoms with E-state index in [9.17, 15) is 23.5 Å². The van der Waals surface area contributed by atoms with Gasteiger partial charge in [-0.1, -0.05) is 48.5 Å². The molecule has 0 spiro atoms. The van der Waals surface area contributed by atoms with Crippen molar-refractivity contribution in [2.24, 2.45) is 0 Å². The van der Waals surface area contributed by atoms with Crippen LogP contribution in [0.5, 0.6) is 5.75 Å². The summed E-state index contributed by atoms with van der Waals surface area (Å²) in [5.41, 5.74) is 1.92. The normalized spacial score (nSPS) is 11.5. The third kappa shape index (κ3) is 6.64. The number of carbonyl (C=O) groups excluding carboxylic acids is 1. The highest BCUT2D eigenvalue weighted by Crippen LogP contribution is 2.17. The van der Waals surface area contributed by atoms with E-state index in [-0.39, 0.29) is 18.4 Å². The molecule has 3 aromatic carbocycles. The van der Waals surface area contributed by atoms with Crippen LogP contribution in [0.25, 0.3) is 0 Å². The molecule has 1 amide bonds. The first kappa shape index (κ1) is 22.0. The minimum absolute atomic E-state index is 0.0430. The van der Waals surface area contributed by atoms with Gasteiger partial charge in [0.2, 0.25) is 5.91 Å². The smallest absolute Gasteiger partial charge is 0.326 e. The maximum Gasteiger partial charge on any atom is 0.326 e. The van der Waals surface area contributed by atoms with E-state index in [0.29, 0.717) is 17.9 Å². The van der Waals surface area contributed by atoms with E-state index in [0.717, 1.165) is 17.7 Å². The van der Waals surface area contributed by atoms with E-state index in [2.05, 4.69) is 5.32 Å². The summed E-state index contributed by atoms with van der Waals surface area (Å²) in [7, 11) is 0. The molecule has 3 rings (SSSR count). The van der Waals surface area contributed by atoms with Crippen molar-refractivity contribution in [2.45, 2.75) is 25.5 Å². The number of aliphatic carboxylic acids is 1. The van der Waals surface area contributed by atoms with Gasteiger partial charge in [-0.25, -0.2) is 13.6 Å². The maximum absolute atomic E-state index is 13.3. The van der Waals surface area contributed by atoms with Gasteiger partial charge < -0.3 is 15.2 Å². The number of carbonyl (C=O) groups is 2. The highest BCUT2D eigenvalue weighted by atomic mass is 19.2. The average Bonchev–Trinajstić information content (AvgIpc) is 2.75. The Kier molecular flexibility index (Phi) is 7.32. The van der Waals surface area contributed by atoms with Crippen molar-refractivity contribution >= 4 is 11.9 Å². The molecule has 160 valence electrons. The number of hydrogen-bond donors (Lipinski definition) is 2. The second-order valence-corrected chi connectivity index (χ2v) is 7.01. The number of carboxylic acids is 1. The first-order chi connectivity index (χ1) is 14.9. The minimum atomic E-state index is -1.20. The summed E-state index contributed by atoms with van der Waals surface area (Å²) >= 11 is 0. The van der Waals surface area contributed by atoms with E-state index < -0.39 is 29.6 Å². The van der Waals surface area contributed by atoms with Gasteiger partial charge in [0.05, 0.1) is 6.42 Å². The molecule has 2 N–H and O–H groups in total. The fraction of sp³-hybridized carbons (Fsp3) is 0.167. The summed E-state index contributed by atoms with van der Waals surface area (Å²) in [6.45, 7) is 0.373. The topological polar surface area (TPSA) is 75.6 Å². The van der Waals surface area contributed by atoms with E-state index >= 15 is 0 Å². The Bertz CT molecular complexity index is 1060. The van der Waals surface area contributed by atoms with Crippen LogP contribution in [0.4, 0.5) is 8.78 Å². The predicted octanol–water partition coefficient (Wildman–Crippen LogP) is 3.90. The summed E-state index contributed by atoms with van der Waals surface area (Å²) in [5.74, 6) is -3.29. The lowest BCUT2D eigenvalue weighted by atomic mass is 10.0. The molecular weight excluding hydrogens is 404 g/mol. The second kappa shape index (κ2) is 10.3. The van der Waals surface area contributed by atoms with Crippen LogP contribution in [-0.2, 0) is 29.0 Å². The Morgan fingerprint density at radius 3 is 2.32 bits per heavy atom.